The first-order chi connectivity index (χ1) is 7.27. The average Bonchev–Trinajstić information content (AvgIpc) is 2.65. The third-order valence-electron chi connectivity index (χ3n) is 2.79. The highest BCUT2D eigenvalue weighted by Gasteiger charge is 2.18. The van der Waals surface area contributed by atoms with Crippen molar-refractivity contribution in [2.75, 3.05) is 0 Å². The van der Waals surface area contributed by atoms with Crippen LogP contribution in [0.4, 0.5) is 0 Å². The molecule has 0 radical (unpaired) electrons. The molecule has 0 amide bonds. The van der Waals surface area contributed by atoms with Gasteiger partial charge in [-0.15, -0.1) is 0 Å². The Kier molecular flexibility index (Phi) is 1.51. The van der Waals surface area contributed by atoms with Crippen molar-refractivity contribution < 1.29 is 9.90 Å². The predicted molar refractivity (Wildman–Crippen MR) is 57.6 cm³/mol. The van der Waals surface area contributed by atoms with Crippen LogP contribution in [-0.4, -0.2) is 15.6 Å². The fraction of sp³-hybridized carbons (Fsp3) is 0.0833. The van der Waals surface area contributed by atoms with E-state index >= 15 is 0 Å². The predicted octanol–water partition coefficient (Wildman–Crippen LogP) is 2.12. The van der Waals surface area contributed by atoms with Gasteiger partial charge >= 0.3 is 5.97 Å². The first-order valence-corrected chi connectivity index (χ1v) is 4.80. The molecule has 1 aliphatic heterocycles. The Bertz CT molecular complexity index is 593. The normalized spacial score (nSPS) is 14.0. The van der Waals surface area contributed by atoms with Crippen molar-refractivity contribution >= 4 is 22.6 Å². The quantitative estimate of drug-likeness (QED) is 0.764. The second-order valence-electron chi connectivity index (χ2n) is 3.64. The van der Waals surface area contributed by atoms with Gasteiger partial charge in [-0.05, 0) is 24.1 Å². The molecule has 3 nitrogen and oxygen atoms in total. The number of hydrogen-bond donors (Lipinski definition) is 1. The van der Waals surface area contributed by atoms with E-state index in [9.17, 15) is 4.79 Å². The summed E-state index contributed by atoms with van der Waals surface area (Å²) in [5.74, 6) is -0.873. The number of aliphatic carboxylic acids is 1. The highest BCUT2D eigenvalue weighted by atomic mass is 16.4. The third kappa shape index (κ3) is 1.03. The average molecular weight is 199 g/mol. The van der Waals surface area contributed by atoms with Crippen LogP contribution < -0.4 is 0 Å². The smallest absolute Gasteiger partial charge is 0.352 e. The fourth-order valence-corrected chi connectivity index (χ4v) is 2.13. The number of hydrogen-bond acceptors (Lipinski definition) is 1. The molecule has 0 spiro atoms. The Morgan fingerprint density at radius 2 is 2.20 bits per heavy atom. The molecule has 1 aromatic heterocycles. The summed E-state index contributed by atoms with van der Waals surface area (Å²) < 4.78 is 1.75. The molecule has 3 rings (SSSR count). The summed E-state index contributed by atoms with van der Waals surface area (Å²) in [5.41, 5.74) is 2.56. The van der Waals surface area contributed by atoms with Crippen LogP contribution >= 0.6 is 0 Å². The number of allylic oxidation sites excluding steroid dienone is 1. The van der Waals surface area contributed by atoms with E-state index in [1.54, 1.807) is 10.6 Å². The highest BCUT2D eigenvalue weighted by molar-refractivity contribution is 6.12. The minimum absolute atomic E-state index is 0.351. The molecule has 0 aliphatic carbocycles. The van der Waals surface area contributed by atoms with Gasteiger partial charge in [-0.25, -0.2) is 4.79 Å². The van der Waals surface area contributed by atoms with E-state index in [-0.39, 0.29) is 0 Å². The standard InChI is InChI=1S/C12H9NO2/c14-12(15)10-5-4-8-2-1-3-9-6-7-13(10)11(8)9/h1-3,5-7H,4H2,(H,14,15). The maximum Gasteiger partial charge on any atom is 0.352 e. The minimum atomic E-state index is -0.873. The summed E-state index contributed by atoms with van der Waals surface area (Å²) in [6.45, 7) is 0. The lowest BCUT2D eigenvalue weighted by Crippen LogP contribution is -2.11. The molecular weight excluding hydrogens is 190 g/mol. The van der Waals surface area contributed by atoms with E-state index in [1.807, 2.05) is 30.5 Å². The summed E-state index contributed by atoms with van der Waals surface area (Å²) in [6.07, 6.45) is 4.26. The first kappa shape index (κ1) is 8.29. The zero-order valence-corrected chi connectivity index (χ0v) is 7.97. The lowest BCUT2D eigenvalue weighted by molar-refractivity contribution is -0.130. The number of carboxylic acids is 1. The van der Waals surface area contributed by atoms with Gasteiger partial charge in [0.25, 0.3) is 0 Å². The van der Waals surface area contributed by atoms with Gasteiger partial charge in [-0.2, -0.15) is 0 Å². The van der Waals surface area contributed by atoms with Crippen molar-refractivity contribution in [2.24, 2.45) is 0 Å². The second-order valence-corrected chi connectivity index (χ2v) is 3.64. The van der Waals surface area contributed by atoms with Gasteiger partial charge in [0.1, 0.15) is 5.70 Å². The van der Waals surface area contributed by atoms with E-state index in [0.717, 1.165) is 10.9 Å². The van der Waals surface area contributed by atoms with E-state index < -0.39 is 5.97 Å². The molecule has 74 valence electrons. The molecule has 2 heterocycles. The Hall–Kier alpha value is -2.03. The van der Waals surface area contributed by atoms with Gasteiger partial charge < -0.3 is 9.67 Å². The first-order valence-electron chi connectivity index (χ1n) is 4.80. The molecular formula is C12H9NO2. The van der Waals surface area contributed by atoms with Crippen LogP contribution in [0, 0.1) is 0 Å². The molecule has 1 aromatic carbocycles. The third-order valence-corrected chi connectivity index (χ3v) is 2.79. The number of nitrogens with zero attached hydrogens (tertiary/aromatic N) is 1. The SMILES string of the molecule is O=C(O)C1=CCc2cccc3ccn1c23. The number of carboxylic acid groups (broad SMARTS) is 1. The number of benzene rings is 1. The Labute approximate surface area is 86.3 Å². The van der Waals surface area contributed by atoms with Gasteiger partial charge in [-0.1, -0.05) is 18.2 Å². The van der Waals surface area contributed by atoms with Gasteiger partial charge in [0, 0.05) is 11.6 Å². The van der Waals surface area contributed by atoms with Crippen LogP contribution in [0.15, 0.2) is 36.5 Å². The van der Waals surface area contributed by atoms with E-state index in [4.69, 9.17) is 5.11 Å². The molecule has 0 unspecified atom stereocenters. The van der Waals surface area contributed by atoms with Crippen LogP contribution in [0.2, 0.25) is 0 Å². The minimum Gasteiger partial charge on any atom is -0.477 e. The van der Waals surface area contributed by atoms with Crippen LogP contribution in [-0.2, 0) is 11.2 Å². The van der Waals surface area contributed by atoms with Gasteiger partial charge in [-0.3, -0.25) is 0 Å². The summed E-state index contributed by atoms with van der Waals surface area (Å²) in [6, 6.07) is 7.98. The lowest BCUT2D eigenvalue weighted by Gasteiger charge is -2.14. The van der Waals surface area contributed by atoms with Crippen molar-refractivity contribution in [2.45, 2.75) is 6.42 Å². The van der Waals surface area contributed by atoms with E-state index in [2.05, 4.69) is 0 Å². The number of rotatable bonds is 1. The largest absolute Gasteiger partial charge is 0.477 e. The molecule has 3 heteroatoms. The maximum atomic E-state index is 11.0. The van der Waals surface area contributed by atoms with Gasteiger partial charge in [0.05, 0.1) is 5.52 Å². The summed E-state index contributed by atoms with van der Waals surface area (Å²) in [4.78, 5) is 11.0. The molecule has 0 saturated heterocycles. The maximum absolute atomic E-state index is 11.0. The van der Waals surface area contributed by atoms with Crippen molar-refractivity contribution in [3.63, 3.8) is 0 Å². The van der Waals surface area contributed by atoms with Crippen LogP contribution in [0.3, 0.4) is 0 Å². The fourth-order valence-electron chi connectivity index (χ4n) is 2.13. The van der Waals surface area contributed by atoms with Gasteiger partial charge in [0.15, 0.2) is 0 Å². The van der Waals surface area contributed by atoms with Crippen LogP contribution in [0.25, 0.3) is 16.6 Å². The molecule has 0 saturated carbocycles. The number of para-hydroxylation sites is 1. The summed E-state index contributed by atoms with van der Waals surface area (Å²) in [5, 5.41) is 10.1. The zero-order valence-electron chi connectivity index (χ0n) is 7.97. The Balaban J connectivity index is 2.38. The molecule has 15 heavy (non-hydrogen) atoms. The van der Waals surface area contributed by atoms with E-state index in [0.29, 0.717) is 12.1 Å². The Morgan fingerprint density at radius 1 is 1.33 bits per heavy atom. The summed E-state index contributed by atoms with van der Waals surface area (Å²) in [7, 11) is 0. The van der Waals surface area contributed by atoms with Gasteiger partial charge in [0.2, 0.25) is 0 Å². The summed E-state index contributed by atoms with van der Waals surface area (Å²) >= 11 is 0. The molecule has 0 bridgehead atoms. The Morgan fingerprint density at radius 3 is 3.00 bits per heavy atom. The number of aromatic nitrogens is 1. The molecule has 0 fully saturated rings. The monoisotopic (exact) mass is 199 g/mol. The zero-order chi connectivity index (χ0) is 10.4. The van der Waals surface area contributed by atoms with E-state index in [1.165, 1.54) is 5.56 Å². The van der Waals surface area contributed by atoms with Crippen LogP contribution in [0.1, 0.15) is 5.56 Å². The molecule has 1 aliphatic rings. The topological polar surface area (TPSA) is 42.2 Å². The van der Waals surface area contributed by atoms with Crippen molar-refractivity contribution in [1.29, 1.82) is 0 Å². The van der Waals surface area contributed by atoms with Crippen molar-refractivity contribution in [3.05, 3.63) is 42.1 Å². The van der Waals surface area contributed by atoms with Crippen LogP contribution in [0.5, 0.6) is 0 Å². The van der Waals surface area contributed by atoms with Crippen molar-refractivity contribution in [3.8, 4) is 0 Å². The lowest BCUT2D eigenvalue weighted by atomic mass is 10.1. The second kappa shape index (κ2) is 2.73. The highest BCUT2D eigenvalue weighted by Crippen LogP contribution is 2.28. The molecule has 1 N–H and O–H groups in total. The molecule has 0 atom stereocenters. The molecule has 2 aromatic rings. The van der Waals surface area contributed by atoms with Crippen molar-refractivity contribution in [1.82, 2.24) is 4.57 Å². The number of carbonyl (C=O) groups is 1.